The molecule has 1 aromatic heterocycles. The Bertz CT molecular complexity index is 566. The molecule has 0 aliphatic heterocycles. The molecule has 1 unspecified atom stereocenters. The molecular weight excluding hydrogens is 236 g/mol. The van der Waals surface area contributed by atoms with Crippen LogP contribution in [0.3, 0.4) is 0 Å². The first-order chi connectivity index (χ1) is 8.60. The third-order valence-corrected chi connectivity index (χ3v) is 2.46. The monoisotopic (exact) mass is 250 g/mol. The fraction of sp³-hybridized carbons (Fsp3) is 0.364. The number of nitro groups is 1. The summed E-state index contributed by atoms with van der Waals surface area (Å²) in [5.74, 6) is 0. The largest absolute Gasteiger partial charge is 0.460 e. The summed E-state index contributed by atoms with van der Waals surface area (Å²) in [6.07, 6.45) is -0.0365. The van der Waals surface area contributed by atoms with Gasteiger partial charge >= 0.3 is 0 Å². The number of H-pyrrole nitrogens is 1. The first kappa shape index (κ1) is 12.3. The fourth-order valence-corrected chi connectivity index (χ4v) is 1.66. The van der Waals surface area contributed by atoms with E-state index < -0.39 is 4.92 Å². The Hall–Kier alpha value is -2.15. The van der Waals surface area contributed by atoms with Gasteiger partial charge < -0.3 is 15.0 Å². The first-order valence-electron chi connectivity index (χ1n) is 5.55. The van der Waals surface area contributed by atoms with Crippen LogP contribution in [-0.4, -0.2) is 34.6 Å². The number of fused-ring (bicyclic) bond motifs is 1. The van der Waals surface area contributed by atoms with E-state index in [1.165, 1.54) is 12.1 Å². The quantitative estimate of drug-likeness (QED) is 0.619. The number of aromatic nitrogens is 2. The van der Waals surface area contributed by atoms with E-state index in [-0.39, 0.29) is 11.8 Å². The lowest BCUT2D eigenvalue weighted by Gasteiger charge is -2.10. The highest BCUT2D eigenvalue weighted by atomic mass is 16.6. The van der Waals surface area contributed by atoms with Gasteiger partial charge in [-0.3, -0.25) is 10.1 Å². The number of hydrogen-bond donors (Lipinski definition) is 2. The van der Waals surface area contributed by atoms with Crippen LogP contribution in [-0.2, 0) is 0 Å². The van der Waals surface area contributed by atoms with E-state index >= 15 is 0 Å². The van der Waals surface area contributed by atoms with Crippen LogP contribution in [0.5, 0.6) is 6.01 Å². The summed E-state index contributed by atoms with van der Waals surface area (Å²) >= 11 is 0. The van der Waals surface area contributed by atoms with Crippen LogP contribution in [0.4, 0.5) is 5.69 Å². The molecule has 0 aliphatic rings. The summed E-state index contributed by atoms with van der Waals surface area (Å²) in [4.78, 5) is 17.3. The molecule has 0 saturated heterocycles. The maximum absolute atomic E-state index is 10.6. The molecule has 0 amide bonds. The molecule has 2 aromatic rings. The number of nitro benzene ring substituents is 1. The smallest absolute Gasteiger partial charge is 0.294 e. The highest BCUT2D eigenvalue weighted by Crippen LogP contribution is 2.21. The zero-order valence-electron chi connectivity index (χ0n) is 10.1. The summed E-state index contributed by atoms with van der Waals surface area (Å²) in [6, 6.07) is 4.83. The van der Waals surface area contributed by atoms with Crippen LogP contribution in [0.25, 0.3) is 11.0 Å². The molecular formula is C11H14N4O3. The van der Waals surface area contributed by atoms with Crippen molar-refractivity contribution in [3.8, 4) is 6.01 Å². The highest BCUT2D eigenvalue weighted by Gasteiger charge is 2.11. The number of likely N-dealkylation sites (N-methyl/N-ethyl adjacent to an activating group) is 1. The predicted molar refractivity (Wildman–Crippen MR) is 66.8 cm³/mol. The normalized spacial score (nSPS) is 12.6. The molecule has 0 fully saturated rings. The molecule has 1 heterocycles. The fourth-order valence-electron chi connectivity index (χ4n) is 1.66. The van der Waals surface area contributed by atoms with Gasteiger partial charge in [-0.25, -0.2) is 0 Å². The second-order valence-electron chi connectivity index (χ2n) is 3.99. The van der Waals surface area contributed by atoms with Gasteiger partial charge in [0, 0.05) is 18.7 Å². The Morgan fingerprint density at radius 1 is 1.61 bits per heavy atom. The lowest BCUT2D eigenvalue weighted by Crippen LogP contribution is -2.26. The number of imidazole rings is 1. The van der Waals surface area contributed by atoms with Crippen LogP contribution in [0, 0.1) is 10.1 Å². The molecule has 7 heteroatoms. The van der Waals surface area contributed by atoms with E-state index in [0.29, 0.717) is 23.6 Å². The molecule has 0 spiro atoms. The molecule has 0 saturated carbocycles. The van der Waals surface area contributed by atoms with Gasteiger partial charge in [-0.2, -0.15) is 4.98 Å². The standard InChI is InChI=1S/C11H14N4O3/c1-7(6-12-2)18-11-13-9-4-3-8(15(16)17)5-10(9)14-11/h3-5,7,12H,6H2,1-2H3,(H,13,14). The van der Waals surface area contributed by atoms with Gasteiger partial charge in [0.25, 0.3) is 11.7 Å². The van der Waals surface area contributed by atoms with E-state index in [1.807, 2.05) is 14.0 Å². The van der Waals surface area contributed by atoms with E-state index in [4.69, 9.17) is 4.74 Å². The zero-order chi connectivity index (χ0) is 13.1. The molecule has 96 valence electrons. The number of nitrogens with zero attached hydrogens (tertiary/aromatic N) is 2. The summed E-state index contributed by atoms with van der Waals surface area (Å²) < 4.78 is 5.54. The van der Waals surface area contributed by atoms with Gasteiger partial charge in [0.2, 0.25) is 0 Å². The minimum Gasteiger partial charge on any atom is -0.460 e. The maximum Gasteiger partial charge on any atom is 0.294 e. The minimum absolute atomic E-state index is 0.0287. The van der Waals surface area contributed by atoms with Gasteiger partial charge in [-0.1, -0.05) is 0 Å². The van der Waals surface area contributed by atoms with Crippen molar-refractivity contribution in [3.63, 3.8) is 0 Å². The number of aromatic amines is 1. The predicted octanol–water partition coefficient (Wildman–Crippen LogP) is 1.46. The summed E-state index contributed by atoms with van der Waals surface area (Å²) in [7, 11) is 1.84. The number of hydrogen-bond acceptors (Lipinski definition) is 5. The summed E-state index contributed by atoms with van der Waals surface area (Å²) in [6.45, 7) is 2.60. The third kappa shape index (κ3) is 2.57. The van der Waals surface area contributed by atoms with Crippen LogP contribution < -0.4 is 10.1 Å². The van der Waals surface area contributed by atoms with Gasteiger partial charge in [0.15, 0.2) is 0 Å². The van der Waals surface area contributed by atoms with Crippen molar-refractivity contribution >= 4 is 16.7 Å². The Morgan fingerprint density at radius 3 is 3.06 bits per heavy atom. The molecule has 18 heavy (non-hydrogen) atoms. The van der Waals surface area contributed by atoms with Crippen molar-refractivity contribution < 1.29 is 9.66 Å². The molecule has 1 aromatic carbocycles. The van der Waals surface area contributed by atoms with Crippen LogP contribution in [0.2, 0.25) is 0 Å². The van der Waals surface area contributed by atoms with Gasteiger partial charge in [-0.05, 0) is 20.0 Å². The SMILES string of the molecule is CNCC(C)Oc1nc2ccc([N+](=O)[O-])cc2[nH]1. The highest BCUT2D eigenvalue weighted by molar-refractivity contribution is 5.78. The van der Waals surface area contributed by atoms with Crippen LogP contribution in [0.15, 0.2) is 18.2 Å². The van der Waals surface area contributed by atoms with Crippen molar-refractivity contribution in [2.75, 3.05) is 13.6 Å². The van der Waals surface area contributed by atoms with Crippen molar-refractivity contribution in [1.82, 2.24) is 15.3 Å². The lowest BCUT2D eigenvalue weighted by molar-refractivity contribution is -0.384. The second kappa shape index (κ2) is 5.01. The number of benzene rings is 1. The lowest BCUT2D eigenvalue weighted by atomic mass is 10.3. The van der Waals surface area contributed by atoms with Crippen molar-refractivity contribution in [1.29, 1.82) is 0 Å². The molecule has 1 atom stereocenters. The maximum atomic E-state index is 10.6. The van der Waals surface area contributed by atoms with Gasteiger partial charge in [0.1, 0.15) is 6.10 Å². The number of ether oxygens (including phenoxy) is 1. The van der Waals surface area contributed by atoms with Gasteiger partial charge in [-0.15, -0.1) is 0 Å². The van der Waals surface area contributed by atoms with Crippen molar-refractivity contribution in [2.24, 2.45) is 0 Å². The molecule has 0 bridgehead atoms. The molecule has 7 nitrogen and oxygen atoms in total. The average molecular weight is 250 g/mol. The first-order valence-corrected chi connectivity index (χ1v) is 5.55. The zero-order valence-corrected chi connectivity index (χ0v) is 10.1. The third-order valence-electron chi connectivity index (χ3n) is 2.46. The number of rotatable bonds is 5. The molecule has 2 N–H and O–H groups in total. The van der Waals surface area contributed by atoms with E-state index in [0.717, 1.165) is 0 Å². The van der Waals surface area contributed by atoms with Gasteiger partial charge in [0.05, 0.1) is 16.0 Å². The van der Waals surface area contributed by atoms with Crippen LogP contribution >= 0.6 is 0 Å². The van der Waals surface area contributed by atoms with E-state index in [9.17, 15) is 10.1 Å². The minimum atomic E-state index is -0.440. The Balaban J connectivity index is 2.24. The average Bonchev–Trinajstić information content (AvgIpc) is 2.69. The van der Waals surface area contributed by atoms with Crippen LogP contribution in [0.1, 0.15) is 6.92 Å². The number of nitrogens with one attached hydrogen (secondary N) is 2. The second-order valence-corrected chi connectivity index (χ2v) is 3.99. The Morgan fingerprint density at radius 2 is 2.39 bits per heavy atom. The molecule has 0 radical (unpaired) electrons. The number of non-ortho nitro benzene ring substituents is 1. The molecule has 2 rings (SSSR count). The Kier molecular flexibility index (Phi) is 3.42. The van der Waals surface area contributed by atoms with Crippen molar-refractivity contribution in [2.45, 2.75) is 13.0 Å². The topological polar surface area (TPSA) is 93.1 Å². The summed E-state index contributed by atoms with van der Waals surface area (Å²) in [5.41, 5.74) is 1.27. The van der Waals surface area contributed by atoms with E-state index in [2.05, 4.69) is 15.3 Å². The molecule has 0 aliphatic carbocycles. The summed E-state index contributed by atoms with van der Waals surface area (Å²) in [5, 5.41) is 13.6. The van der Waals surface area contributed by atoms with Crippen molar-refractivity contribution in [3.05, 3.63) is 28.3 Å². The van der Waals surface area contributed by atoms with E-state index in [1.54, 1.807) is 6.07 Å². The Labute approximate surface area is 103 Å².